The summed E-state index contributed by atoms with van der Waals surface area (Å²) in [4.78, 5) is 0. The fourth-order valence-electron chi connectivity index (χ4n) is 3.28. The highest BCUT2D eigenvalue weighted by atomic mass is 35.5. The summed E-state index contributed by atoms with van der Waals surface area (Å²) in [5.41, 5.74) is 1.18. The Balaban J connectivity index is 1.93. The molecule has 0 saturated heterocycles. The van der Waals surface area contributed by atoms with Gasteiger partial charge in [0.15, 0.2) is 0 Å². The largest absolute Gasteiger partial charge is 0.392 e. The van der Waals surface area contributed by atoms with Crippen LogP contribution >= 0.6 is 11.6 Å². The van der Waals surface area contributed by atoms with Crippen molar-refractivity contribution in [3.8, 4) is 0 Å². The molecule has 0 unspecified atom stereocenters. The second-order valence-electron chi connectivity index (χ2n) is 5.86. The van der Waals surface area contributed by atoms with Gasteiger partial charge in [0, 0.05) is 17.4 Å². The molecule has 2 fully saturated rings. The van der Waals surface area contributed by atoms with E-state index in [0.717, 1.165) is 30.6 Å². The number of nitrogens with zero attached hydrogens (tertiary/aromatic N) is 1. The average molecular weight is 308 g/mol. The Kier molecular flexibility index (Phi) is 3.73. The van der Waals surface area contributed by atoms with Crippen molar-refractivity contribution in [3.63, 3.8) is 0 Å². The minimum Gasteiger partial charge on any atom is -0.360 e. The van der Waals surface area contributed by atoms with Crippen LogP contribution in [0, 0.1) is 5.92 Å². The molecule has 1 aromatic rings. The third kappa shape index (κ3) is 2.57. The lowest BCUT2D eigenvalue weighted by molar-refractivity contribution is -0.187. The van der Waals surface area contributed by atoms with E-state index in [2.05, 4.69) is 5.16 Å². The van der Waals surface area contributed by atoms with E-state index in [9.17, 15) is 13.2 Å². The average Bonchev–Trinajstić information content (AvgIpc) is 3.17. The summed E-state index contributed by atoms with van der Waals surface area (Å²) >= 11 is 5.95. The van der Waals surface area contributed by atoms with Gasteiger partial charge in [-0.15, -0.1) is 11.6 Å². The standard InChI is InChI=1S/C14H17ClF3NO/c15-7-10-12(19-20-13(10)8-5-6-8)9-3-1-2-4-11(9)14(16,17)18/h8-9,11H,1-7H2/t9-,11-/m0/s1. The molecule has 0 spiro atoms. The first kappa shape index (κ1) is 14.2. The van der Waals surface area contributed by atoms with Crippen molar-refractivity contribution in [1.29, 1.82) is 0 Å². The van der Waals surface area contributed by atoms with Crippen LogP contribution in [0.5, 0.6) is 0 Å². The van der Waals surface area contributed by atoms with Gasteiger partial charge in [0.2, 0.25) is 0 Å². The predicted molar refractivity (Wildman–Crippen MR) is 68.8 cm³/mol. The van der Waals surface area contributed by atoms with Crippen molar-refractivity contribution >= 4 is 11.6 Å². The number of halogens is 4. The van der Waals surface area contributed by atoms with Crippen LogP contribution in [0.1, 0.15) is 67.4 Å². The lowest BCUT2D eigenvalue weighted by Gasteiger charge is -2.32. The van der Waals surface area contributed by atoms with E-state index in [0.29, 0.717) is 24.5 Å². The van der Waals surface area contributed by atoms with Gasteiger partial charge in [0.25, 0.3) is 0 Å². The van der Waals surface area contributed by atoms with Gasteiger partial charge < -0.3 is 4.52 Å². The maximum absolute atomic E-state index is 13.2. The van der Waals surface area contributed by atoms with E-state index in [-0.39, 0.29) is 12.3 Å². The van der Waals surface area contributed by atoms with E-state index in [1.54, 1.807) is 0 Å². The second-order valence-corrected chi connectivity index (χ2v) is 6.12. The first-order valence-electron chi connectivity index (χ1n) is 7.13. The van der Waals surface area contributed by atoms with Crippen molar-refractivity contribution in [1.82, 2.24) is 5.16 Å². The normalized spacial score (nSPS) is 27.8. The van der Waals surface area contributed by atoms with Crippen molar-refractivity contribution in [2.45, 2.75) is 62.4 Å². The molecule has 0 radical (unpaired) electrons. The molecule has 2 saturated carbocycles. The Morgan fingerprint density at radius 3 is 2.45 bits per heavy atom. The van der Waals surface area contributed by atoms with E-state index in [1.807, 2.05) is 0 Å². The van der Waals surface area contributed by atoms with Crippen molar-refractivity contribution in [3.05, 3.63) is 17.0 Å². The molecule has 0 bridgehead atoms. The van der Waals surface area contributed by atoms with Crippen LogP contribution in [0.3, 0.4) is 0 Å². The molecule has 112 valence electrons. The number of rotatable bonds is 3. The Morgan fingerprint density at radius 2 is 1.85 bits per heavy atom. The Bertz CT molecular complexity index is 481. The number of aromatic nitrogens is 1. The molecule has 6 heteroatoms. The molecular formula is C14H17ClF3NO. The minimum absolute atomic E-state index is 0.182. The first-order valence-corrected chi connectivity index (χ1v) is 7.66. The summed E-state index contributed by atoms with van der Waals surface area (Å²) < 4.78 is 44.9. The first-order chi connectivity index (χ1) is 9.52. The monoisotopic (exact) mass is 307 g/mol. The van der Waals surface area contributed by atoms with Gasteiger partial charge in [-0.3, -0.25) is 0 Å². The topological polar surface area (TPSA) is 26.0 Å². The molecule has 2 nitrogen and oxygen atoms in total. The van der Waals surface area contributed by atoms with Crippen LogP contribution in [0.25, 0.3) is 0 Å². The van der Waals surface area contributed by atoms with Crippen LogP contribution in [0.2, 0.25) is 0 Å². The van der Waals surface area contributed by atoms with Gasteiger partial charge in [-0.1, -0.05) is 18.0 Å². The molecule has 0 aliphatic heterocycles. The second kappa shape index (κ2) is 5.24. The highest BCUT2D eigenvalue weighted by molar-refractivity contribution is 6.17. The zero-order valence-corrected chi connectivity index (χ0v) is 11.8. The molecule has 1 aromatic heterocycles. The van der Waals surface area contributed by atoms with Gasteiger partial charge in [0.1, 0.15) is 5.76 Å². The molecule has 2 atom stereocenters. The summed E-state index contributed by atoms with van der Waals surface area (Å²) in [6, 6.07) is 0. The van der Waals surface area contributed by atoms with Crippen molar-refractivity contribution in [2.75, 3.05) is 0 Å². The smallest absolute Gasteiger partial charge is 0.360 e. The summed E-state index contributed by atoms with van der Waals surface area (Å²) in [5.74, 6) is -0.672. The third-order valence-corrected chi connectivity index (χ3v) is 4.74. The fourth-order valence-corrected chi connectivity index (χ4v) is 3.55. The van der Waals surface area contributed by atoms with Gasteiger partial charge in [-0.2, -0.15) is 13.2 Å². The Hall–Kier alpha value is -0.710. The van der Waals surface area contributed by atoms with Gasteiger partial charge >= 0.3 is 6.18 Å². The van der Waals surface area contributed by atoms with Crippen molar-refractivity contribution < 1.29 is 17.7 Å². The quantitative estimate of drug-likeness (QED) is 0.724. The number of hydrogen-bond donors (Lipinski definition) is 0. The molecule has 0 aromatic carbocycles. The number of hydrogen-bond acceptors (Lipinski definition) is 2. The zero-order valence-electron chi connectivity index (χ0n) is 11.0. The van der Waals surface area contributed by atoms with Crippen LogP contribution < -0.4 is 0 Å². The van der Waals surface area contributed by atoms with Crippen LogP contribution in [-0.4, -0.2) is 11.3 Å². The van der Waals surface area contributed by atoms with Crippen molar-refractivity contribution in [2.24, 2.45) is 5.92 Å². The highest BCUT2D eigenvalue weighted by Gasteiger charge is 2.48. The lowest BCUT2D eigenvalue weighted by atomic mass is 9.76. The molecular weight excluding hydrogens is 291 g/mol. The molecule has 0 amide bonds. The summed E-state index contributed by atoms with van der Waals surface area (Å²) in [6.45, 7) is 0. The SMILES string of the molecule is FC(F)(F)[C@H]1CCCC[C@@H]1c1noc(C2CC2)c1CCl. The maximum atomic E-state index is 13.2. The third-order valence-electron chi connectivity index (χ3n) is 4.47. The maximum Gasteiger partial charge on any atom is 0.392 e. The Labute approximate surface area is 120 Å². The Morgan fingerprint density at radius 1 is 1.15 bits per heavy atom. The molecule has 3 rings (SSSR count). The lowest BCUT2D eigenvalue weighted by Crippen LogP contribution is -2.32. The van der Waals surface area contributed by atoms with Crippen LogP contribution in [-0.2, 0) is 5.88 Å². The molecule has 2 aliphatic rings. The van der Waals surface area contributed by atoms with Crippen LogP contribution in [0.15, 0.2) is 4.52 Å². The van der Waals surface area contributed by atoms with E-state index < -0.39 is 18.0 Å². The van der Waals surface area contributed by atoms with E-state index >= 15 is 0 Å². The van der Waals surface area contributed by atoms with E-state index in [1.165, 1.54) is 0 Å². The fraction of sp³-hybridized carbons (Fsp3) is 0.786. The minimum atomic E-state index is -4.17. The highest BCUT2D eigenvalue weighted by Crippen LogP contribution is 2.49. The van der Waals surface area contributed by atoms with Gasteiger partial charge in [-0.25, -0.2) is 0 Å². The number of alkyl halides is 4. The molecule has 20 heavy (non-hydrogen) atoms. The van der Waals surface area contributed by atoms with Crippen LogP contribution in [0.4, 0.5) is 13.2 Å². The van der Waals surface area contributed by atoms with Gasteiger partial charge in [0.05, 0.1) is 17.5 Å². The summed E-state index contributed by atoms with van der Waals surface area (Å²) in [6.07, 6.45) is 0.00612. The van der Waals surface area contributed by atoms with Gasteiger partial charge in [-0.05, 0) is 25.7 Å². The van der Waals surface area contributed by atoms with E-state index in [4.69, 9.17) is 16.1 Å². The predicted octanol–water partition coefficient (Wildman–Crippen LogP) is 5.13. The molecule has 1 heterocycles. The molecule has 2 aliphatic carbocycles. The zero-order chi connectivity index (χ0) is 14.3. The summed E-state index contributed by atoms with van der Waals surface area (Å²) in [5, 5.41) is 3.98. The summed E-state index contributed by atoms with van der Waals surface area (Å²) in [7, 11) is 0. The molecule has 0 N–H and O–H groups in total.